The van der Waals surface area contributed by atoms with E-state index in [1.807, 2.05) is 0 Å². The maximum Gasteiger partial charge on any atom is 0.422 e. The molecule has 0 fully saturated rings. The van der Waals surface area contributed by atoms with Crippen molar-refractivity contribution < 1.29 is 31.8 Å². The quantitative estimate of drug-likeness (QED) is 0.587. The second kappa shape index (κ2) is 7.60. The highest BCUT2D eigenvalue weighted by Crippen LogP contribution is 2.19. The van der Waals surface area contributed by atoms with Gasteiger partial charge in [-0.25, -0.2) is 14.2 Å². The number of methoxy groups -OCH3 is 1. The van der Waals surface area contributed by atoms with Crippen LogP contribution in [0.5, 0.6) is 6.01 Å². The van der Waals surface area contributed by atoms with Gasteiger partial charge in [0.25, 0.3) is 0 Å². The Bertz CT molecular complexity index is 786. The van der Waals surface area contributed by atoms with Crippen molar-refractivity contribution in [3.63, 3.8) is 0 Å². The summed E-state index contributed by atoms with van der Waals surface area (Å²) in [4.78, 5) is 22.1. The van der Waals surface area contributed by atoms with Gasteiger partial charge in [-0.05, 0) is 29.3 Å². The summed E-state index contributed by atoms with van der Waals surface area (Å²) in [7, 11) is 1.16. The largest absolute Gasteiger partial charge is 0.465 e. The Hall–Kier alpha value is -2.49. The first-order valence-corrected chi connectivity index (χ1v) is 7.02. The second-order valence-electron chi connectivity index (χ2n) is 4.68. The van der Waals surface area contributed by atoms with Gasteiger partial charge in [-0.3, -0.25) is 0 Å². The molecule has 0 aliphatic heterocycles. The highest BCUT2D eigenvalue weighted by molar-refractivity contribution is 6.28. The number of halogens is 5. The van der Waals surface area contributed by atoms with E-state index >= 15 is 0 Å². The number of hydrogen-bond donors (Lipinski definition) is 0. The molecule has 134 valence electrons. The molecule has 0 aliphatic carbocycles. The molecular weight excluding hydrogens is 370 g/mol. The zero-order valence-electron chi connectivity index (χ0n) is 12.6. The van der Waals surface area contributed by atoms with Crippen molar-refractivity contribution in [2.75, 3.05) is 13.7 Å². The van der Waals surface area contributed by atoms with Gasteiger partial charge < -0.3 is 9.47 Å². The van der Waals surface area contributed by atoms with Crippen LogP contribution in [0.1, 0.15) is 21.7 Å². The Kier molecular flexibility index (Phi) is 5.73. The van der Waals surface area contributed by atoms with Gasteiger partial charge >= 0.3 is 18.2 Å². The number of aromatic nitrogens is 3. The van der Waals surface area contributed by atoms with Crippen LogP contribution in [0.2, 0.25) is 5.28 Å². The third-order valence-electron chi connectivity index (χ3n) is 2.82. The number of benzene rings is 1. The molecule has 0 atom stereocenters. The maximum atomic E-state index is 14.0. The van der Waals surface area contributed by atoms with Crippen molar-refractivity contribution in [2.45, 2.75) is 12.6 Å². The molecule has 0 aliphatic rings. The number of esters is 1. The summed E-state index contributed by atoms with van der Waals surface area (Å²) in [5, 5.41) is -0.395. The summed E-state index contributed by atoms with van der Waals surface area (Å²) in [6.45, 7) is -1.60. The van der Waals surface area contributed by atoms with E-state index in [2.05, 4.69) is 24.4 Å². The normalized spacial score (nSPS) is 11.3. The summed E-state index contributed by atoms with van der Waals surface area (Å²) < 4.78 is 59.4. The van der Waals surface area contributed by atoms with Crippen LogP contribution in [0.4, 0.5) is 17.6 Å². The Morgan fingerprint density at radius 3 is 2.56 bits per heavy atom. The first-order chi connectivity index (χ1) is 11.7. The first-order valence-electron chi connectivity index (χ1n) is 6.64. The molecule has 0 saturated carbocycles. The molecule has 0 saturated heterocycles. The van der Waals surface area contributed by atoms with Crippen molar-refractivity contribution in [3.05, 3.63) is 46.3 Å². The summed E-state index contributed by atoms with van der Waals surface area (Å²) in [6.07, 6.45) is -4.77. The second-order valence-corrected chi connectivity index (χ2v) is 5.02. The molecule has 1 heterocycles. The van der Waals surface area contributed by atoms with E-state index in [4.69, 9.17) is 11.6 Å². The highest BCUT2D eigenvalue weighted by Gasteiger charge is 2.29. The summed E-state index contributed by atoms with van der Waals surface area (Å²) >= 11 is 5.61. The molecule has 0 unspecified atom stereocenters. The smallest absolute Gasteiger partial charge is 0.422 e. The molecule has 1 aromatic carbocycles. The zero-order valence-corrected chi connectivity index (χ0v) is 13.4. The van der Waals surface area contributed by atoms with Gasteiger partial charge in [-0.1, -0.05) is 6.07 Å². The molecule has 0 N–H and O–H groups in total. The Morgan fingerprint density at radius 1 is 1.24 bits per heavy atom. The van der Waals surface area contributed by atoms with Crippen LogP contribution in [0.3, 0.4) is 0 Å². The summed E-state index contributed by atoms with van der Waals surface area (Å²) in [5.41, 5.74) is 0.100. The van der Waals surface area contributed by atoms with Crippen molar-refractivity contribution >= 4 is 17.6 Å². The van der Waals surface area contributed by atoms with Gasteiger partial charge in [0.15, 0.2) is 6.61 Å². The molecule has 2 rings (SSSR count). The van der Waals surface area contributed by atoms with E-state index in [9.17, 15) is 22.4 Å². The van der Waals surface area contributed by atoms with Gasteiger partial charge in [0.05, 0.1) is 12.7 Å². The molecule has 11 heteroatoms. The van der Waals surface area contributed by atoms with Crippen LogP contribution < -0.4 is 4.74 Å². The molecule has 0 amide bonds. The van der Waals surface area contributed by atoms with Crippen molar-refractivity contribution in [1.82, 2.24) is 15.0 Å². The number of rotatable bonds is 5. The minimum atomic E-state index is -4.57. The fraction of sp³-hybridized carbons (Fsp3) is 0.286. The topological polar surface area (TPSA) is 74.2 Å². The zero-order chi connectivity index (χ0) is 18.6. The van der Waals surface area contributed by atoms with Gasteiger partial charge in [0.2, 0.25) is 5.28 Å². The maximum absolute atomic E-state index is 14.0. The van der Waals surface area contributed by atoms with Crippen LogP contribution >= 0.6 is 11.6 Å². The molecule has 25 heavy (non-hydrogen) atoms. The van der Waals surface area contributed by atoms with Crippen molar-refractivity contribution in [3.8, 4) is 6.01 Å². The molecule has 0 radical (unpaired) electrons. The average Bonchev–Trinajstić information content (AvgIpc) is 2.53. The first kappa shape index (κ1) is 18.8. The van der Waals surface area contributed by atoms with Crippen LogP contribution in [-0.2, 0) is 11.2 Å². The van der Waals surface area contributed by atoms with Gasteiger partial charge in [-0.2, -0.15) is 23.1 Å². The van der Waals surface area contributed by atoms with Gasteiger partial charge in [-0.15, -0.1) is 0 Å². The molecule has 6 nitrogen and oxygen atoms in total. The van der Waals surface area contributed by atoms with Crippen LogP contribution in [-0.4, -0.2) is 40.8 Å². The minimum Gasteiger partial charge on any atom is -0.465 e. The van der Waals surface area contributed by atoms with E-state index in [1.54, 1.807) is 0 Å². The highest BCUT2D eigenvalue weighted by atomic mass is 35.5. The number of alkyl halides is 3. The standard InChI is InChI=1S/C14H10ClF4N3O3/c1-24-11(23)8-3-2-7(9(16)4-8)5-10-20-12(15)22-13(21-10)25-6-14(17,18)19/h2-4H,5-6H2,1H3. The van der Waals surface area contributed by atoms with E-state index in [-0.39, 0.29) is 23.4 Å². The minimum absolute atomic E-state index is 0.00614. The molecule has 2 aromatic rings. The van der Waals surface area contributed by atoms with E-state index in [1.165, 1.54) is 12.1 Å². The molecule has 0 spiro atoms. The van der Waals surface area contributed by atoms with Crippen LogP contribution in [0.25, 0.3) is 0 Å². The fourth-order valence-corrected chi connectivity index (χ4v) is 1.94. The number of ether oxygens (including phenoxy) is 2. The predicted molar refractivity (Wildman–Crippen MR) is 76.9 cm³/mol. The third kappa shape index (κ3) is 5.52. The molecule has 0 bridgehead atoms. The summed E-state index contributed by atoms with van der Waals surface area (Å²) in [6, 6.07) is 2.97. The van der Waals surface area contributed by atoms with E-state index in [0.717, 1.165) is 13.2 Å². The lowest BCUT2D eigenvalue weighted by Gasteiger charge is -2.09. The SMILES string of the molecule is COC(=O)c1ccc(Cc2nc(Cl)nc(OCC(F)(F)F)n2)c(F)c1. The molecule has 1 aromatic heterocycles. The van der Waals surface area contributed by atoms with Crippen molar-refractivity contribution in [1.29, 1.82) is 0 Å². The lowest BCUT2D eigenvalue weighted by molar-refractivity contribution is -0.154. The summed E-state index contributed by atoms with van der Waals surface area (Å²) in [5.74, 6) is -1.55. The monoisotopic (exact) mass is 379 g/mol. The lowest BCUT2D eigenvalue weighted by Crippen LogP contribution is -2.20. The number of nitrogens with zero attached hydrogens (tertiary/aromatic N) is 3. The number of carbonyl (C=O) groups is 1. The number of carbonyl (C=O) groups excluding carboxylic acids is 1. The lowest BCUT2D eigenvalue weighted by atomic mass is 10.1. The van der Waals surface area contributed by atoms with Crippen LogP contribution in [0, 0.1) is 5.82 Å². The Labute approximate surface area is 143 Å². The number of hydrogen-bond acceptors (Lipinski definition) is 6. The van der Waals surface area contributed by atoms with Gasteiger partial charge in [0, 0.05) is 6.42 Å². The molecular formula is C14H10ClF4N3O3. The van der Waals surface area contributed by atoms with E-state index in [0.29, 0.717) is 0 Å². The third-order valence-corrected chi connectivity index (χ3v) is 2.99. The predicted octanol–water partition coefficient (Wildman–Crippen LogP) is 2.98. The van der Waals surface area contributed by atoms with E-state index < -0.39 is 35.9 Å². The van der Waals surface area contributed by atoms with Crippen LogP contribution in [0.15, 0.2) is 18.2 Å². The average molecular weight is 380 g/mol. The Balaban J connectivity index is 2.20. The van der Waals surface area contributed by atoms with Crippen molar-refractivity contribution in [2.24, 2.45) is 0 Å². The fourth-order valence-electron chi connectivity index (χ4n) is 1.77. The van der Waals surface area contributed by atoms with Gasteiger partial charge in [0.1, 0.15) is 11.6 Å². The Morgan fingerprint density at radius 2 is 1.96 bits per heavy atom.